The molecule has 0 atom stereocenters. The highest BCUT2D eigenvalue weighted by Crippen LogP contribution is 2.34. The maximum atomic E-state index is 12.5. The SMILES string of the molecule is CCc1c(C)sc(NC(=O)CSc2nnc(-c3ccco3)n2C)c1C(=O)OC. The molecule has 0 aliphatic carbocycles. The first-order valence-corrected chi connectivity index (χ1v) is 10.3. The van der Waals surface area contributed by atoms with Crippen LogP contribution in [0.4, 0.5) is 5.00 Å². The van der Waals surface area contributed by atoms with Crippen molar-refractivity contribution in [2.75, 3.05) is 18.2 Å². The number of carbonyl (C=O) groups excluding carboxylic acids is 2. The first-order valence-electron chi connectivity index (χ1n) is 8.52. The molecule has 0 aliphatic rings. The van der Waals surface area contributed by atoms with E-state index >= 15 is 0 Å². The second-order valence-electron chi connectivity index (χ2n) is 5.87. The molecule has 28 heavy (non-hydrogen) atoms. The highest BCUT2D eigenvalue weighted by molar-refractivity contribution is 7.99. The maximum absolute atomic E-state index is 12.5. The Kier molecular flexibility index (Phi) is 6.20. The number of esters is 1. The Balaban J connectivity index is 1.70. The van der Waals surface area contributed by atoms with Crippen LogP contribution in [0.25, 0.3) is 11.6 Å². The molecule has 0 saturated heterocycles. The number of nitrogens with zero attached hydrogens (tertiary/aromatic N) is 3. The highest BCUT2D eigenvalue weighted by atomic mass is 32.2. The van der Waals surface area contributed by atoms with Gasteiger partial charge in [-0.05, 0) is 31.0 Å². The predicted molar refractivity (Wildman–Crippen MR) is 108 cm³/mol. The fourth-order valence-electron chi connectivity index (χ4n) is 2.76. The van der Waals surface area contributed by atoms with Crippen molar-refractivity contribution in [3.8, 4) is 11.6 Å². The van der Waals surface area contributed by atoms with E-state index in [1.165, 1.54) is 30.2 Å². The summed E-state index contributed by atoms with van der Waals surface area (Å²) in [6.07, 6.45) is 2.25. The summed E-state index contributed by atoms with van der Waals surface area (Å²) in [4.78, 5) is 25.6. The maximum Gasteiger partial charge on any atom is 0.341 e. The molecule has 3 aromatic heterocycles. The van der Waals surface area contributed by atoms with Gasteiger partial charge >= 0.3 is 5.97 Å². The molecule has 3 heterocycles. The van der Waals surface area contributed by atoms with Crippen LogP contribution in [-0.2, 0) is 23.0 Å². The van der Waals surface area contributed by atoms with Crippen molar-refractivity contribution in [2.45, 2.75) is 25.4 Å². The van der Waals surface area contributed by atoms with E-state index in [0.717, 1.165) is 10.4 Å². The van der Waals surface area contributed by atoms with Gasteiger partial charge < -0.3 is 19.0 Å². The number of amides is 1. The Morgan fingerprint density at radius 2 is 2.18 bits per heavy atom. The molecule has 0 spiro atoms. The molecule has 0 fully saturated rings. The number of nitrogens with one attached hydrogen (secondary N) is 1. The predicted octanol–water partition coefficient (Wildman–Crippen LogP) is 3.52. The van der Waals surface area contributed by atoms with Crippen molar-refractivity contribution in [1.29, 1.82) is 0 Å². The summed E-state index contributed by atoms with van der Waals surface area (Å²) in [6, 6.07) is 3.57. The quantitative estimate of drug-likeness (QED) is 0.461. The molecule has 8 nitrogen and oxygen atoms in total. The van der Waals surface area contributed by atoms with Crippen molar-refractivity contribution in [1.82, 2.24) is 14.8 Å². The number of ether oxygens (including phenoxy) is 1. The molecule has 1 amide bonds. The summed E-state index contributed by atoms with van der Waals surface area (Å²) < 4.78 is 12.0. The number of rotatable bonds is 7. The second kappa shape index (κ2) is 8.61. The number of carbonyl (C=O) groups is 2. The van der Waals surface area contributed by atoms with Crippen LogP contribution in [0.1, 0.15) is 27.7 Å². The van der Waals surface area contributed by atoms with Gasteiger partial charge in [0.05, 0.1) is 24.7 Å². The van der Waals surface area contributed by atoms with E-state index in [1.807, 2.05) is 20.9 Å². The van der Waals surface area contributed by atoms with Gasteiger partial charge in [0.2, 0.25) is 5.91 Å². The van der Waals surface area contributed by atoms with Crippen LogP contribution in [0.15, 0.2) is 28.0 Å². The van der Waals surface area contributed by atoms with Crippen molar-refractivity contribution in [3.05, 3.63) is 34.4 Å². The largest absolute Gasteiger partial charge is 0.465 e. The van der Waals surface area contributed by atoms with E-state index in [-0.39, 0.29) is 11.7 Å². The zero-order valence-electron chi connectivity index (χ0n) is 15.9. The third-order valence-electron chi connectivity index (χ3n) is 4.11. The Morgan fingerprint density at radius 1 is 1.39 bits per heavy atom. The van der Waals surface area contributed by atoms with Crippen molar-refractivity contribution >= 4 is 40.0 Å². The number of anilines is 1. The molecular formula is C18H20N4O4S2. The van der Waals surface area contributed by atoms with Crippen LogP contribution < -0.4 is 5.32 Å². The Labute approximate surface area is 170 Å². The monoisotopic (exact) mass is 420 g/mol. The van der Waals surface area contributed by atoms with Gasteiger partial charge in [-0.1, -0.05) is 18.7 Å². The number of aromatic nitrogens is 3. The summed E-state index contributed by atoms with van der Waals surface area (Å²) in [5.41, 5.74) is 1.33. The van der Waals surface area contributed by atoms with Crippen LogP contribution in [0.5, 0.6) is 0 Å². The van der Waals surface area contributed by atoms with Crippen LogP contribution in [0, 0.1) is 6.92 Å². The second-order valence-corrected chi connectivity index (χ2v) is 8.03. The third kappa shape index (κ3) is 3.97. The summed E-state index contributed by atoms with van der Waals surface area (Å²) >= 11 is 2.63. The van der Waals surface area contributed by atoms with Crippen LogP contribution in [-0.4, -0.2) is 39.5 Å². The van der Waals surface area contributed by atoms with E-state index in [1.54, 1.807) is 23.0 Å². The first kappa shape index (κ1) is 20.2. The minimum Gasteiger partial charge on any atom is -0.465 e. The lowest BCUT2D eigenvalue weighted by Gasteiger charge is -2.07. The van der Waals surface area contributed by atoms with Crippen LogP contribution in [0.2, 0.25) is 0 Å². The van der Waals surface area contributed by atoms with E-state index in [0.29, 0.717) is 33.7 Å². The Morgan fingerprint density at radius 3 is 2.82 bits per heavy atom. The van der Waals surface area contributed by atoms with Gasteiger partial charge in [0.1, 0.15) is 5.00 Å². The van der Waals surface area contributed by atoms with Gasteiger partial charge in [0.15, 0.2) is 16.7 Å². The molecule has 3 rings (SSSR count). The molecule has 0 saturated carbocycles. The van der Waals surface area contributed by atoms with E-state index in [9.17, 15) is 9.59 Å². The van der Waals surface area contributed by atoms with Gasteiger partial charge in [0, 0.05) is 11.9 Å². The minimum atomic E-state index is -0.444. The van der Waals surface area contributed by atoms with E-state index in [2.05, 4.69) is 15.5 Å². The molecule has 0 aliphatic heterocycles. The molecule has 0 bridgehead atoms. The molecule has 0 unspecified atom stereocenters. The number of furan rings is 1. The molecule has 0 aromatic carbocycles. The lowest BCUT2D eigenvalue weighted by molar-refractivity contribution is -0.113. The number of hydrogen-bond donors (Lipinski definition) is 1. The van der Waals surface area contributed by atoms with Crippen LogP contribution in [0.3, 0.4) is 0 Å². The fourth-order valence-corrected chi connectivity index (χ4v) is 4.62. The average Bonchev–Trinajstić information content (AvgIpc) is 3.38. The van der Waals surface area contributed by atoms with Gasteiger partial charge in [-0.15, -0.1) is 21.5 Å². The number of hydrogen-bond acceptors (Lipinski definition) is 8. The Hall–Kier alpha value is -2.59. The molecule has 0 radical (unpaired) electrons. The van der Waals surface area contributed by atoms with Crippen molar-refractivity contribution < 1.29 is 18.7 Å². The highest BCUT2D eigenvalue weighted by Gasteiger charge is 2.23. The standard InChI is InChI=1S/C18H20N4O4S2/c1-5-11-10(2)28-16(14(11)17(24)25-4)19-13(23)9-27-18-21-20-15(22(18)3)12-7-6-8-26-12/h6-8H,5,9H2,1-4H3,(H,19,23). The summed E-state index contributed by atoms with van der Waals surface area (Å²) in [6.45, 7) is 3.89. The number of thioether (sulfide) groups is 1. The minimum absolute atomic E-state index is 0.128. The van der Waals surface area contributed by atoms with Gasteiger partial charge in [-0.2, -0.15) is 0 Å². The van der Waals surface area contributed by atoms with Crippen molar-refractivity contribution in [2.24, 2.45) is 7.05 Å². The molecule has 3 aromatic rings. The fraction of sp³-hybridized carbons (Fsp3) is 0.333. The van der Waals surface area contributed by atoms with Gasteiger partial charge in [-0.25, -0.2) is 4.79 Å². The topological polar surface area (TPSA) is 99.3 Å². The van der Waals surface area contributed by atoms with Gasteiger partial charge in [-0.3, -0.25) is 4.79 Å². The van der Waals surface area contributed by atoms with Gasteiger partial charge in [0.25, 0.3) is 0 Å². The van der Waals surface area contributed by atoms with E-state index < -0.39 is 5.97 Å². The zero-order valence-corrected chi connectivity index (χ0v) is 17.6. The normalized spacial score (nSPS) is 10.9. The number of methoxy groups -OCH3 is 1. The lowest BCUT2D eigenvalue weighted by Crippen LogP contribution is -2.16. The molecule has 148 valence electrons. The number of aryl methyl sites for hydroxylation is 1. The lowest BCUT2D eigenvalue weighted by atomic mass is 10.1. The Bertz CT molecular complexity index is 992. The zero-order chi connectivity index (χ0) is 20.3. The summed E-state index contributed by atoms with van der Waals surface area (Å²) in [7, 11) is 3.14. The molecule has 10 heteroatoms. The van der Waals surface area contributed by atoms with Crippen LogP contribution >= 0.6 is 23.1 Å². The summed E-state index contributed by atoms with van der Waals surface area (Å²) in [5.74, 6) is 0.642. The third-order valence-corrected chi connectivity index (χ3v) is 6.20. The first-order chi connectivity index (χ1) is 13.5. The van der Waals surface area contributed by atoms with Crippen molar-refractivity contribution in [3.63, 3.8) is 0 Å². The summed E-state index contributed by atoms with van der Waals surface area (Å²) in [5, 5.41) is 12.1. The molecule has 1 N–H and O–H groups in total. The molecular weight excluding hydrogens is 400 g/mol. The smallest absolute Gasteiger partial charge is 0.341 e. The number of thiophene rings is 1. The average molecular weight is 421 g/mol. The van der Waals surface area contributed by atoms with E-state index in [4.69, 9.17) is 9.15 Å².